The van der Waals surface area contributed by atoms with E-state index in [2.05, 4.69) is 14.8 Å². The third kappa shape index (κ3) is 3.45. The maximum absolute atomic E-state index is 6.14. The number of aromatic nitrogens is 1. The van der Waals surface area contributed by atoms with E-state index in [0.29, 0.717) is 21.6 Å². The van der Waals surface area contributed by atoms with Gasteiger partial charge in [-0.25, -0.2) is 4.98 Å². The molecule has 0 unspecified atom stereocenters. The van der Waals surface area contributed by atoms with Crippen LogP contribution in [-0.2, 0) is 0 Å². The van der Waals surface area contributed by atoms with E-state index in [-0.39, 0.29) is 0 Å². The number of rotatable bonds is 3. The van der Waals surface area contributed by atoms with E-state index >= 15 is 0 Å². The predicted octanol–water partition coefficient (Wildman–Crippen LogP) is 1.80. The van der Waals surface area contributed by atoms with Crippen LogP contribution in [0.2, 0.25) is 10.0 Å². The molecule has 0 aliphatic carbocycles. The molecule has 0 radical (unpaired) electrons. The Bertz CT molecular complexity index is 447. The number of thiocarbonyl (C=S) groups is 1. The zero-order valence-corrected chi connectivity index (χ0v) is 12.1. The molecule has 1 aliphatic rings. The first-order valence-electron chi connectivity index (χ1n) is 5.63. The van der Waals surface area contributed by atoms with E-state index in [0.717, 1.165) is 32.0 Å². The van der Waals surface area contributed by atoms with Crippen LogP contribution in [0.4, 0.5) is 5.82 Å². The highest BCUT2D eigenvalue weighted by atomic mass is 35.5. The largest absolute Gasteiger partial charge is 0.392 e. The number of nitrogens with two attached hydrogens (primary N) is 1. The van der Waals surface area contributed by atoms with Crippen LogP contribution in [0.1, 0.15) is 0 Å². The highest BCUT2D eigenvalue weighted by Gasteiger charge is 2.20. The van der Waals surface area contributed by atoms with Crippen LogP contribution in [-0.4, -0.2) is 47.6 Å². The summed E-state index contributed by atoms with van der Waals surface area (Å²) in [5, 5.41) is 1.14. The van der Waals surface area contributed by atoms with Gasteiger partial charge in [-0.15, -0.1) is 0 Å². The smallest absolute Gasteiger partial charge is 0.147 e. The quantitative estimate of drug-likeness (QED) is 0.863. The van der Waals surface area contributed by atoms with Crippen molar-refractivity contribution in [3.05, 3.63) is 22.3 Å². The Kier molecular flexibility index (Phi) is 4.61. The summed E-state index contributed by atoms with van der Waals surface area (Å²) in [6.45, 7) is 4.19. The topological polar surface area (TPSA) is 45.4 Å². The highest BCUT2D eigenvalue weighted by Crippen LogP contribution is 2.26. The molecular formula is C11H14Cl2N4S. The highest BCUT2D eigenvalue weighted by molar-refractivity contribution is 7.80. The van der Waals surface area contributed by atoms with Crippen LogP contribution >= 0.6 is 35.4 Å². The van der Waals surface area contributed by atoms with Gasteiger partial charge in [-0.1, -0.05) is 35.4 Å². The maximum atomic E-state index is 6.14. The molecule has 1 saturated heterocycles. The molecule has 1 aliphatic heterocycles. The van der Waals surface area contributed by atoms with Gasteiger partial charge in [0, 0.05) is 38.9 Å². The minimum absolute atomic E-state index is 0.533. The van der Waals surface area contributed by atoms with Crippen molar-refractivity contribution >= 4 is 46.2 Å². The third-order valence-corrected chi connectivity index (χ3v) is 3.45. The van der Waals surface area contributed by atoms with Crippen molar-refractivity contribution in [2.75, 3.05) is 37.6 Å². The first-order chi connectivity index (χ1) is 8.56. The minimum atomic E-state index is 0.533. The van der Waals surface area contributed by atoms with Crippen LogP contribution in [0, 0.1) is 0 Å². The first-order valence-corrected chi connectivity index (χ1v) is 6.79. The fourth-order valence-electron chi connectivity index (χ4n) is 1.98. The molecule has 0 saturated carbocycles. The van der Waals surface area contributed by atoms with Crippen molar-refractivity contribution in [2.24, 2.45) is 5.73 Å². The molecule has 7 heteroatoms. The second kappa shape index (κ2) is 6.02. The lowest BCUT2D eigenvalue weighted by Gasteiger charge is -2.35. The number of anilines is 1. The lowest BCUT2D eigenvalue weighted by atomic mass is 10.3. The van der Waals surface area contributed by atoms with Crippen LogP contribution in [0.25, 0.3) is 0 Å². The van der Waals surface area contributed by atoms with Crippen molar-refractivity contribution in [1.82, 2.24) is 9.88 Å². The second-order valence-electron chi connectivity index (χ2n) is 4.19. The molecule has 1 aromatic heterocycles. The Balaban J connectivity index is 1.99. The van der Waals surface area contributed by atoms with E-state index in [1.165, 1.54) is 0 Å². The van der Waals surface area contributed by atoms with E-state index in [4.69, 9.17) is 41.2 Å². The zero-order chi connectivity index (χ0) is 13.1. The summed E-state index contributed by atoms with van der Waals surface area (Å²) in [4.78, 5) is 9.19. The summed E-state index contributed by atoms with van der Waals surface area (Å²) in [6, 6.07) is 1.72. The molecule has 2 heterocycles. The molecule has 18 heavy (non-hydrogen) atoms. The van der Waals surface area contributed by atoms with Crippen molar-refractivity contribution in [1.29, 1.82) is 0 Å². The van der Waals surface area contributed by atoms with Crippen LogP contribution in [0.15, 0.2) is 12.3 Å². The van der Waals surface area contributed by atoms with Gasteiger partial charge < -0.3 is 10.6 Å². The van der Waals surface area contributed by atoms with Crippen molar-refractivity contribution in [2.45, 2.75) is 0 Å². The number of hydrogen-bond acceptors (Lipinski definition) is 4. The van der Waals surface area contributed by atoms with Gasteiger partial charge in [-0.2, -0.15) is 0 Å². The van der Waals surface area contributed by atoms with Gasteiger partial charge in [0.05, 0.1) is 15.0 Å². The van der Waals surface area contributed by atoms with Crippen LogP contribution in [0.3, 0.4) is 0 Å². The summed E-state index contributed by atoms with van der Waals surface area (Å²) in [5.41, 5.74) is 5.54. The summed E-state index contributed by atoms with van der Waals surface area (Å²) < 4.78 is 0. The fraction of sp³-hybridized carbons (Fsp3) is 0.455. The molecule has 0 bridgehead atoms. The van der Waals surface area contributed by atoms with Crippen molar-refractivity contribution in [3.63, 3.8) is 0 Å². The average Bonchev–Trinajstić information content (AvgIpc) is 2.30. The summed E-state index contributed by atoms with van der Waals surface area (Å²) in [6.07, 6.45) is 1.62. The number of pyridine rings is 1. The van der Waals surface area contributed by atoms with Gasteiger partial charge >= 0.3 is 0 Å². The molecule has 0 atom stereocenters. The fourth-order valence-corrected chi connectivity index (χ4v) is 2.66. The Morgan fingerprint density at radius 2 is 2.00 bits per heavy atom. The van der Waals surface area contributed by atoms with Crippen molar-refractivity contribution in [3.8, 4) is 0 Å². The number of hydrogen-bond donors (Lipinski definition) is 1. The third-order valence-electron chi connectivity index (χ3n) is 2.84. The van der Waals surface area contributed by atoms with Gasteiger partial charge in [0.2, 0.25) is 0 Å². The Morgan fingerprint density at radius 3 is 2.56 bits per heavy atom. The predicted molar refractivity (Wildman–Crippen MR) is 79.7 cm³/mol. The molecule has 0 spiro atoms. The van der Waals surface area contributed by atoms with Crippen LogP contribution in [0.5, 0.6) is 0 Å². The monoisotopic (exact) mass is 304 g/mol. The second-order valence-corrected chi connectivity index (χ2v) is 5.56. The van der Waals surface area contributed by atoms with Gasteiger partial charge in [0.25, 0.3) is 0 Å². The Morgan fingerprint density at radius 1 is 1.33 bits per heavy atom. The van der Waals surface area contributed by atoms with E-state index in [9.17, 15) is 0 Å². The van der Waals surface area contributed by atoms with Crippen LogP contribution < -0.4 is 10.6 Å². The molecule has 0 aromatic carbocycles. The number of halogens is 2. The normalized spacial score (nSPS) is 16.9. The summed E-state index contributed by atoms with van der Waals surface area (Å²) in [7, 11) is 0. The molecule has 2 rings (SSSR count). The number of nitrogens with zero attached hydrogens (tertiary/aromatic N) is 3. The van der Waals surface area contributed by atoms with E-state index in [1.54, 1.807) is 12.3 Å². The van der Waals surface area contributed by atoms with Crippen molar-refractivity contribution < 1.29 is 0 Å². The zero-order valence-electron chi connectivity index (χ0n) is 9.77. The average molecular weight is 305 g/mol. The molecular weight excluding hydrogens is 291 g/mol. The lowest BCUT2D eigenvalue weighted by Crippen LogP contribution is -2.48. The molecule has 1 fully saturated rings. The first kappa shape index (κ1) is 13.8. The molecule has 4 nitrogen and oxygen atoms in total. The van der Waals surface area contributed by atoms with Gasteiger partial charge in [0.1, 0.15) is 5.82 Å². The summed E-state index contributed by atoms with van der Waals surface area (Å²) >= 11 is 16.9. The van der Waals surface area contributed by atoms with E-state index in [1.807, 2.05) is 0 Å². The molecule has 2 N–H and O–H groups in total. The molecule has 1 aromatic rings. The molecule has 98 valence electrons. The van der Waals surface area contributed by atoms with Gasteiger partial charge in [0.15, 0.2) is 0 Å². The lowest BCUT2D eigenvalue weighted by molar-refractivity contribution is 0.291. The standard InChI is InChI=1S/C11H14Cl2N4S/c12-8-5-9(13)11(15-6-8)17-3-1-16(2-4-17)7-10(14)18/h5-6H,1-4,7H2,(H2,14,18). The maximum Gasteiger partial charge on any atom is 0.147 e. The SMILES string of the molecule is NC(=S)CN1CCN(c2ncc(Cl)cc2Cl)CC1. The Hall–Kier alpha value is -0.620. The molecule has 0 amide bonds. The van der Waals surface area contributed by atoms with Gasteiger partial charge in [-0.05, 0) is 6.07 Å². The minimum Gasteiger partial charge on any atom is -0.392 e. The summed E-state index contributed by atoms with van der Waals surface area (Å²) in [5.74, 6) is 0.788. The number of piperazine rings is 1. The van der Waals surface area contributed by atoms with Gasteiger partial charge in [-0.3, -0.25) is 4.90 Å². The Labute approximate surface area is 122 Å². The van der Waals surface area contributed by atoms with E-state index < -0.39 is 0 Å².